The van der Waals surface area contributed by atoms with Gasteiger partial charge in [-0.1, -0.05) is 58.3 Å². The molecule has 0 bridgehead atoms. The topological polar surface area (TPSA) is 267 Å². The molecule has 0 radical (unpaired) electrons. The normalized spacial score (nSPS) is 11.9. The number of rotatable bonds is 20. The molecule has 0 heterocycles. The van der Waals surface area contributed by atoms with E-state index in [1.807, 2.05) is 0 Å². The Hall–Kier alpha value is -3.27. The summed E-state index contributed by atoms with van der Waals surface area (Å²) in [5.41, 5.74) is -2.58. The van der Waals surface area contributed by atoms with Crippen molar-refractivity contribution in [2.45, 2.75) is 101 Å². The summed E-state index contributed by atoms with van der Waals surface area (Å²) < 4.78 is 33.5. The summed E-state index contributed by atoms with van der Waals surface area (Å²) in [6, 6.07) is 0. The number of aliphatic carboxylic acids is 5. The first-order chi connectivity index (χ1) is 17.5. The molecular formula is C22H36O15S. The Kier molecular flexibility index (Phi) is 18.3. The van der Waals surface area contributed by atoms with Gasteiger partial charge in [-0.2, -0.15) is 8.42 Å². The van der Waals surface area contributed by atoms with Gasteiger partial charge in [0, 0.05) is 6.42 Å². The highest BCUT2D eigenvalue weighted by molar-refractivity contribution is 7.87. The highest BCUT2D eigenvalue weighted by Crippen LogP contribution is 2.23. The molecule has 0 rings (SSSR count). The highest BCUT2D eigenvalue weighted by atomic mass is 32.2. The molecule has 0 saturated heterocycles. The molecule has 0 aliphatic carbocycles. The van der Waals surface area contributed by atoms with Gasteiger partial charge in [0.1, 0.15) is 0 Å². The summed E-state index contributed by atoms with van der Waals surface area (Å²) in [7, 11) is -4.84. The SMILES string of the molecule is CCCCCCCCCCCC(=O)OC(CC(=O)O)(CC(=O)O)C(=O)O.O=C(O)CC(C(=O)O)S(=O)(=O)O. The number of carboxylic acids is 5. The van der Waals surface area contributed by atoms with E-state index in [0.29, 0.717) is 6.42 Å². The fourth-order valence-electron chi connectivity index (χ4n) is 3.15. The van der Waals surface area contributed by atoms with Crippen molar-refractivity contribution in [3.8, 4) is 0 Å². The average Bonchev–Trinajstić information content (AvgIpc) is 2.74. The number of carboxylic acid groups (broad SMARTS) is 5. The van der Waals surface area contributed by atoms with Crippen LogP contribution >= 0.6 is 0 Å². The van der Waals surface area contributed by atoms with Crippen LogP contribution in [0.3, 0.4) is 0 Å². The second-order valence-corrected chi connectivity index (χ2v) is 10.0. The maximum absolute atomic E-state index is 11.9. The molecule has 0 aliphatic rings. The van der Waals surface area contributed by atoms with Gasteiger partial charge in [-0.3, -0.25) is 28.5 Å². The summed E-state index contributed by atoms with van der Waals surface area (Å²) in [6.45, 7) is 2.16. The van der Waals surface area contributed by atoms with Crippen LogP contribution in [0.4, 0.5) is 0 Å². The van der Waals surface area contributed by atoms with E-state index in [-0.39, 0.29) is 6.42 Å². The van der Waals surface area contributed by atoms with Gasteiger partial charge in [-0.15, -0.1) is 0 Å². The van der Waals surface area contributed by atoms with E-state index in [1.54, 1.807) is 0 Å². The molecule has 1 unspecified atom stereocenters. The molecule has 0 saturated carbocycles. The summed E-state index contributed by atoms with van der Waals surface area (Å²) in [6.07, 6.45) is 5.87. The molecule has 16 heteroatoms. The standard InChI is InChI=1S/C18H30O8.C4H6O7S/c1-2-3-4-5-6-7-8-9-10-11-16(23)26-18(17(24)25,12-14(19)20)13-15(21)22;5-3(6)1-2(4(7)8)12(9,10)11/h2-13H2,1H3,(H,19,20)(H,21,22)(H,24,25);2H,1H2,(H,5,6)(H,7,8)(H,9,10,11). The van der Waals surface area contributed by atoms with E-state index >= 15 is 0 Å². The summed E-state index contributed by atoms with van der Waals surface area (Å²) in [5.74, 6) is -9.27. The van der Waals surface area contributed by atoms with Gasteiger partial charge in [0.15, 0.2) is 5.25 Å². The van der Waals surface area contributed by atoms with E-state index < -0.39 is 76.0 Å². The first-order valence-corrected chi connectivity index (χ1v) is 13.3. The van der Waals surface area contributed by atoms with Crippen molar-refractivity contribution in [1.82, 2.24) is 0 Å². The van der Waals surface area contributed by atoms with Gasteiger partial charge in [0.2, 0.25) is 5.60 Å². The molecule has 0 spiro atoms. The minimum atomic E-state index is -4.84. The van der Waals surface area contributed by atoms with Crippen LogP contribution in [-0.2, 0) is 43.6 Å². The zero-order valence-electron chi connectivity index (χ0n) is 21.0. The van der Waals surface area contributed by atoms with Crippen molar-refractivity contribution in [3.05, 3.63) is 0 Å². The molecule has 6 N–H and O–H groups in total. The Morgan fingerprint density at radius 1 is 0.711 bits per heavy atom. The first-order valence-electron chi connectivity index (χ1n) is 11.8. The van der Waals surface area contributed by atoms with E-state index in [2.05, 4.69) is 6.92 Å². The Morgan fingerprint density at radius 3 is 1.42 bits per heavy atom. The van der Waals surface area contributed by atoms with Crippen molar-refractivity contribution in [2.75, 3.05) is 0 Å². The molecule has 220 valence electrons. The van der Waals surface area contributed by atoms with E-state index in [4.69, 9.17) is 29.7 Å². The summed E-state index contributed by atoms with van der Waals surface area (Å²) in [4.78, 5) is 64.9. The zero-order chi connectivity index (χ0) is 29.9. The molecule has 0 fully saturated rings. The number of hydrogen-bond donors (Lipinski definition) is 6. The number of unbranched alkanes of at least 4 members (excludes halogenated alkanes) is 8. The minimum absolute atomic E-state index is 0.0654. The molecule has 0 amide bonds. The van der Waals surface area contributed by atoms with Gasteiger partial charge in [-0.05, 0) is 6.42 Å². The lowest BCUT2D eigenvalue weighted by molar-refractivity contribution is -0.186. The smallest absolute Gasteiger partial charge is 0.349 e. The fourth-order valence-corrected chi connectivity index (χ4v) is 3.75. The number of ether oxygens (including phenoxy) is 1. The van der Waals surface area contributed by atoms with Crippen molar-refractivity contribution >= 4 is 45.9 Å². The maximum atomic E-state index is 11.9. The molecule has 15 nitrogen and oxygen atoms in total. The van der Waals surface area contributed by atoms with Gasteiger partial charge in [0.05, 0.1) is 19.3 Å². The third-order valence-corrected chi connectivity index (χ3v) is 6.14. The molecule has 38 heavy (non-hydrogen) atoms. The third-order valence-electron chi connectivity index (χ3n) is 5.05. The van der Waals surface area contributed by atoms with Gasteiger partial charge >= 0.3 is 35.8 Å². The van der Waals surface area contributed by atoms with Gasteiger partial charge in [0.25, 0.3) is 10.1 Å². The van der Waals surface area contributed by atoms with Crippen LogP contribution < -0.4 is 0 Å². The predicted octanol–water partition coefficient (Wildman–Crippen LogP) is 2.03. The largest absolute Gasteiger partial charge is 0.481 e. The lowest BCUT2D eigenvalue weighted by Crippen LogP contribution is -2.47. The molecule has 0 aromatic heterocycles. The Balaban J connectivity index is 0. The quantitative estimate of drug-likeness (QED) is 0.0691. The Labute approximate surface area is 219 Å². The van der Waals surface area contributed by atoms with E-state index in [0.717, 1.165) is 25.7 Å². The lowest BCUT2D eigenvalue weighted by atomic mass is 9.95. The predicted molar refractivity (Wildman–Crippen MR) is 128 cm³/mol. The number of carbonyl (C=O) groups is 6. The maximum Gasteiger partial charge on any atom is 0.349 e. The van der Waals surface area contributed by atoms with Crippen LogP contribution in [0.1, 0.15) is 90.4 Å². The van der Waals surface area contributed by atoms with Crippen LogP contribution in [0.2, 0.25) is 0 Å². The van der Waals surface area contributed by atoms with Gasteiger partial charge in [-0.25, -0.2) is 4.79 Å². The Morgan fingerprint density at radius 2 is 1.13 bits per heavy atom. The van der Waals surface area contributed by atoms with Crippen molar-refractivity contribution in [1.29, 1.82) is 0 Å². The van der Waals surface area contributed by atoms with E-state index in [9.17, 15) is 42.3 Å². The fraction of sp³-hybridized carbons (Fsp3) is 0.727. The molecule has 1 atom stereocenters. The van der Waals surface area contributed by atoms with Crippen LogP contribution in [0, 0.1) is 0 Å². The Bertz CT molecular complexity index is 894. The molecule has 0 aliphatic heterocycles. The highest BCUT2D eigenvalue weighted by Gasteiger charge is 2.47. The number of esters is 1. The lowest BCUT2D eigenvalue weighted by Gasteiger charge is -2.26. The zero-order valence-corrected chi connectivity index (χ0v) is 21.9. The van der Waals surface area contributed by atoms with Crippen LogP contribution in [0.5, 0.6) is 0 Å². The monoisotopic (exact) mass is 572 g/mol. The molecule has 0 aromatic rings. The average molecular weight is 573 g/mol. The summed E-state index contributed by atoms with van der Waals surface area (Å²) in [5, 5.41) is 40.8. The molecular weight excluding hydrogens is 536 g/mol. The van der Waals surface area contributed by atoms with Crippen molar-refractivity contribution in [3.63, 3.8) is 0 Å². The minimum Gasteiger partial charge on any atom is -0.481 e. The summed E-state index contributed by atoms with van der Waals surface area (Å²) >= 11 is 0. The van der Waals surface area contributed by atoms with Crippen molar-refractivity contribution in [2.24, 2.45) is 0 Å². The number of carbonyl (C=O) groups excluding carboxylic acids is 1. The van der Waals surface area contributed by atoms with Crippen LogP contribution in [-0.4, -0.2) is 85.2 Å². The molecule has 0 aromatic carbocycles. The third kappa shape index (κ3) is 18.0. The number of hydrogen-bond acceptors (Lipinski definition) is 9. The van der Waals surface area contributed by atoms with E-state index in [1.165, 1.54) is 25.7 Å². The van der Waals surface area contributed by atoms with Crippen LogP contribution in [0.15, 0.2) is 0 Å². The second-order valence-electron chi connectivity index (χ2n) is 8.43. The van der Waals surface area contributed by atoms with Crippen molar-refractivity contribution < 1.29 is 72.0 Å². The van der Waals surface area contributed by atoms with Crippen LogP contribution in [0.25, 0.3) is 0 Å². The second kappa shape index (κ2) is 18.9. The van der Waals surface area contributed by atoms with Gasteiger partial charge < -0.3 is 30.3 Å². The first kappa shape index (κ1) is 36.9.